The first-order valence-corrected chi connectivity index (χ1v) is 16.8. The Kier molecular flexibility index (Phi) is 7.93. The minimum atomic E-state index is -0.304. The molecule has 4 aliphatic carbocycles. The van der Waals surface area contributed by atoms with E-state index in [2.05, 4.69) is 20.8 Å². The normalized spacial score (nSPS) is 44.4. The monoisotopic (exact) mass is 600 g/mol. The molecule has 0 unspecified atom stereocenters. The maximum absolute atomic E-state index is 14.0. The third kappa shape index (κ3) is 4.97. The van der Waals surface area contributed by atoms with Gasteiger partial charge >= 0.3 is 17.9 Å². The molecule has 42 heavy (non-hydrogen) atoms. The molecule has 230 valence electrons. The number of esters is 3. The average Bonchev–Trinajstić information content (AvgIpc) is 3.27. The number of carbonyl (C=O) groups is 3. The Morgan fingerprint density at radius 3 is 2.36 bits per heavy atom. The first-order chi connectivity index (χ1) is 19.9. The van der Waals surface area contributed by atoms with Crippen molar-refractivity contribution in [2.75, 3.05) is 0 Å². The molecule has 6 nitrogen and oxygen atoms in total. The fraction of sp³-hybridized carbons (Fsp3) is 0.735. The van der Waals surface area contributed by atoms with Crippen LogP contribution in [-0.4, -0.2) is 41.5 Å². The summed E-state index contributed by atoms with van der Waals surface area (Å²) in [7, 11) is 0. The summed E-state index contributed by atoms with van der Waals surface area (Å²) in [6.07, 6.45) is 5.81. The largest absolute Gasteiger partial charge is 0.463 e. The first kappa shape index (κ1) is 30.0. The van der Waals surface area contributed by atoms with Crippen LogP contribution in [0.1, 0.15) is 86.0 Å². The molecule has 1 aromatic carbocycles. The molecule has 0 amide bonds. The van der Waals surface area contributed by atoms with Crippen molar-refractivity contribution in [1.29, 1.82) is 0 Å². The van der Waals surface area contributed by atoms with Crippen molar-refractivity contribution in [3.05, 3.63) is 30.1 Å². The molecule has 8 heteroatoms. The zero-order valence-corrected chi connectivity index (χ0v) is 26.3. The number of ether oxygens (including phenoxy) is 3. The van der Waals surface area contributed by atoms with Gasteiger partial charge in [0.25, 0.3) is 0 Å². The van der Waals surface area contributed by atoms with Crippen LogP contribution < -0.4 is 0 Å². The Labute approximate surface area is 253 Å². The summed E-state index contributed by atoms with van der Waals surface area (Å²) >= 11 is 1.71. The molecule has 5 fully saturated rings. The van der Waals surface area contributed by atoms with Crippen molar-refractivity contribution >= 4 is 29.7 Å². The van der Waals surface area contributed by atoms with E-state index >= 15 is 0 Å². The molecule has 1 aromatic rings. The molecule has 6 rings (SSSR count). The smallest absolute Gasteiger partial charge is 0.306 e. The average molecular weight is 601 g/mol. The van der Waals surface area contributed by atoms with Gasteiger partial charge in [0.1, 0.15) is 24.1 Å². The van der Waals surface area contributed by atoms with Crippen molar-refractivity contribution in [2.45, 2.75) is 114 Å². The van der Waals surface area contributed by atoms with Crippen LogP contribution in [0.2, 0.25) is 0 Å². The quantitative estimate of drug-likeness (QED) is 0.273. The van der Waals surface area contributed by atoms with Crippen LogP contribution in [0, 0.1) is 52.2 Å². The number of hydrogen-bond donors (Lipinski definition) is 0. The van der Waals surface area contributed by atoms with Gasteiger partial charge in [0.15, 0.2) is 0 Å². The van der Waals surface area contributed by atoms with Gasteiger partial charge in [-0.15, -0.1) is 11.8 Å². The molecule has 0 aromatic heterocycles. The van der Waals surface area contributed by atoms with Crippen LogP contribution in [0.5, 0.6) is 0 Å². The minimum Gasteiger partial charge on any atom is -0.463 e. The molecule has 1 saturated heterocycles. The Hall–Kier alpha value is -2.09. The highest BCUT2D eigenvalue weighted by Gasteiger charge is 2.71. The summed E-state index contributed by atoms with van der Waals surface area (Å²) in [4.78, 5) is 38.8. The molecule has 0 N–H and O–H groups in total. The second-order valence-corrected chi connectivity index (χ2v) is 15.6. The number of thioether (sulfide) groups is 1. The third-order valence-electron chi connectivity index (χ3n) is 12.2. The van der Waals surface area contributed by atoms with Crippen LogP contribution in [0.3, 0.4) is 0 Å². The van der Waals surface area contributed by atoms with Gasteiger partial charge in [0, 0.05) is 36.5 Å². The standard InChI is InChI=1S/C34H45FO6S/c1-18-6-13-28(38)41-32-31(42-24-9-7-22(35)8-10-24)30-29(26-12-11-25(18)34(26,32)5)27(40-20(3)37)17-21-16-23(39-19(2)36)14-15-33(21,30)4/h7-10,18,21,23,25-27,29-32H,6,11-17H2,1-5H3/t18-,21+,23-,25-,26+,27-,29-,30-,31-,32+,33+,34-/m1/s1. The fourth-order valence-electron chi connectivity index (χ4n) is 10.6. The number of fused-ring (bicyclic) bond motifs is 4. The van der Waals surface area contributed by atoms with Crippen LogP contribution in [0.4, 0.5) is 4.39 Å². The molecule has 0 bridgehead atoms. The number of carbonyl (C=O) groups excluding carboxylic acids is 3. The molecule has 4 saturated carbocycles. The van der Waals surface area contributed by atoms with Crippen molar-refractivity contribution < 1.29 is 33.0 Å². The number of benzene rings is 1. The highest BCUT2D eigenvalue weighted by molar-refractivity contribution is 8.00. The molecule has 5 aliphatic rings. The van der Waals surface area contributed by atoms with Gasteiger partial charge < -0.3 is 14.2 Å². The molecule has 0 radical (unpaired) electrons. The lowest BCUT2D eigenvalue weighted by Gasteiger charge is -2.66. The summed E-state index contributed by atoms with van der Waals surface area (Å²) < 4.78 is 32.5. The van der Waals surface area contributed by atoms with E-state index in [-0.39, 0.29) is 81.8 Å². The van der Waals surface area contributed by atoms with E-state index in [1.165, 1.54) is 26.0 Å². The van der Waals surface area contributed by atoms with Gasteiger partial charge in [0.2, 0.25) is 0 Å². The van der Waals surface area contributed by atoms with E-state index < -0.39 is 0 Å². The van der Waals surface area contributed by atoms with Gasteiger partial charge in [-0.05, 0) is 104 Å². The molecular formula is C34H45FO6S. The minimum absolute atomic E-state index is 0.0901. The molecule has 12 atom stereocenters. The first-order valence-electron chi connectivity index (χ1n) is 15.9. The fourth-order valence-corrected chi connectivity index (χ4v) is 12.3. The lowest BCUT2D eigenvalue weighted by molar-refractivity contribution is -0.224. The number of rotatable bonds is 4. The van der Waals surface area contributed by atoms with Crippen molar-refractivity contribution in [1.82, 2.24) is 0 Å². The van der Waals surface area contributed by atoms with Gasteiger partial charge in [-0.25, -0.2) is 4.39 Å². The molecule has 1 aliphatic heterocycles. The summed E-state index contributed by atoms with van der Waals surface area (Å²) in [5.74, 6) is 0.505. The summed E-state index contributed by atoms with van der Waals surface area (Å²) in [5.41, 5.74) is -0.389. The van der Waals surface area contributed by atoms with E-state index in [0.29, 0.717) is 18.3 Å². The van der Waals surface area contributed by atoms with Gasteiger partial charge in [-0.3, -0.25) is 14.4 Å². The van der Waals surface area contributed by atoms with Crippen LogP contribution in [-0.2, 0) is 28.6 Å². The maximum atomic E-state index is 14.0. The zero-order valence-electron chi connectivity index (χ0n) is 25.5. The predicted octanol–water partition coefficient (Wildman–Crippen LogP) is 6.98. The zero-order chi connectivity index (χ0) is 30.0. The Morgan fingerprint density at radius 2 is 1.67 bits per heavy atom. The van der Waals surface area contributed by atoms with Crippen LogP contribution in [0.25, 0.3) is 0 Å². The predicted molar refractivity (Wildman–Crippen MR) is 157 cm³/mol. The topological polar surface area (TPSA) is 78.9 Å². The lowest BCUT2D eigenvalue weighted by Crippen LogP contribution is -2.68. The van der Waals surface area contributed by atoms with Gasteiger partial charge in [-0.2, -0.15) is 0 Å². The Balaban J connectivity index is 1.50. The van der Waals surface area contributed by atoms with Gasteiger partial charge in [-0.1, -0.05) is 20.8 Å². The summed E-state index contributed by atoms with van der Waals surface area (Å²) in [6, 6.07) is 6.64. The van der Waals surface area contributed by atoms with Crippen molar-refractivity contribution in [3.8, 4) is 0 Å². The highest BCUT2D eigenvalue weighted by atomic mass is 32.2. The van der Waals surface area contributed by atoms with E-state index in [4.69, 9.17) is 14.2 Å². The molecule has 0 spiro atoms. The van der Waals surface area contributed by atoms with Gasteiger partial charge in [0.05, 0.1) is 5.25 Å². The summed E-state index contributed by atoms with van der Waals surface area (Å²) in [6.45, 7) is 9.98. The highest BCUT2D eigenvalue weighted by Crippen LogP contribution is 2.71. The van der Waals surface area contributed by atoms with Crippen molar-refractivity contribution in [3.63, 3.8) is 0 Å². The third-order valence-corrected chi connectivity index (χ3v) is 13.6. The summed E-state index contributed by atoms with van der Waals surface area (Å²) in [5, 5.41) is -0.0901. The lowest BCUT2D eigenvalue weighted by atomic mass is 9.42. The second kappa shape index (κ2) is 11.1. The molecule has 1 heterocycles. The van der Waals surface area contributed by atoms with Crippen LogP contribution in [0.15, 0.2) is 29.2 Å². The Morgan fingerprint density at radius 1 is 0.976 bits per heavy atom. The second-order valence-electron chi connectivity index (χ2n) is 14.3. The van der Waals surface area contributed by atoms with E-state index in [9.17, 15) is 18.8 Å². The molecular weight excluding hydrogens is 555 g/mol. The number of hydrogen-bond acceptors (Lipinski definition) is 7. The van der Waals surface area contributed by atoms with Crippen molar-refractivity contribution in [2.24, 2.45) is 46.3 Å². The van der Waals surface area contributed by atoms with Crippen LogP contribution >= 0.6 is 11.8 Å². The maximum Gasteiger partial charge on any atom is 0.306 e. The van der Waals surface area contributed by atoms with E-state index in [1.54, 1.807) is 11.8 Å². The SMILES string of the molecule is CC(=O)O[C@@H]1CC[C@@]2(C)[C@@H](C1)C[C@@H](OC(C)=O)[C@@H]1[C@@H]2[C@@H](Sc2ccc(F)cc2)[C@@H]2OC(=O)CC[C@@H](C)[C@H]3CC[C@@H]1[C@@]32C. The van der Waals surface area contributed by atoms with E-state index in [1.807, 2.05) is 12.1 Å². The van der Waals surface area contributed by atoms with E-state index in [0.717, 1.165) is 49.8 Å². The Bertz CT molecular complexity index is 1220. The number of halogens is 1.